The number of hydrogen-bond donors (Lipinski definition) is 2. The molecule has 0 bridgehead atoms. The fraction of sp³-hybridized carbons (Fsp3) is 0.529. The van der Waals surface area contributed by atoms with Gasteiger partial charge < -0.3 is 15.4 Å². The van der Waals surface area contributed by atoms with Gasteiger partial charge in [0, 0.05) is 26.2 Å². The van der Waals surface area contributed by atoms with Crippen LogP contribution in [-0.2, 0) is 20.7 Å². The zero-order valence-corrected chi connectivity index (χ0v) is 13.7. The third kappa shape index (κ3) is 6.64. The summed E-state index contributed by atoms with van der Waals surface area (Å²) in [6.45, 7) is 5.03. The lowest BCUT2D eigenvalue weighted by molar-refractivity contribution is -0.139. The number of ether oxygens (including phenoxy) is 1. The molecule has 2 rings (SSSR count). The summed E-state index contributed by atoms with van der Waals surface area (Å²) in [6, 6.07) is 6.07. The SMILES string of the molecule is O=C(NCCCN1CCOCC1)C(=O)NCCc1ccc(F)cc1. The highest BCUT2D eigenvalue weighted by molar-refractivity contribution is 6.35. The Hall–Kier alpha value is -1.99. The molecular formula is C17H24FN3O3. The first-order chi connectivity index (χ1) is 11.6. The van der Waals surface area contributed by atoms with E-state index >= 15 is 0 Å². The molecule has 2 N–H and O–H groups in total. The number of carbonyl (C=O) groups is 2. The fourth-order valence-corrected chi connectivity index (χ4v) is 2.46. The van der Waals surface area contributed by atoms with Crippen molar-refractivity contribution in [2.24, 2.45) is 0 Å². The molecule has 1 aliphatic rings. The number of benzene rings is 1. The highest BCUT2D eigenvalue weighted by Crippen LogP contribution is 2.02. The average molecular weight is 337 g/mol. The number of carbonyl (C=O) groups excluding carboxylic acids is 2. The minimum absolute atomic E-state index is 0.292. The molecule has 1 aromatic rings. The summed E-state index contributed by atoms with van der Waals surface area (Å²) in [5.41, 5.74) is 0.905. The normalized spacial score (nSPS) is 15.0. The zero-order valence-electron chi connectivity index (χ0n) is 13.7. The van der Waals surface area contributed by atoms with Crippen molar-refractivity contribution in [2.45, 2.75) is 12.8 Å². The molecule has 1 aromatic carbocycles. The Labute approximate surface area is 141 Å². The molecule has 0 radical (unpaired) electrons. The van der Waals surface area contributed by atoms with E-state index in [2.05, 4.69) is 15.5 Å². The van der Waals surface area contributed by atoms with Gasteiger partial charge in [-0.1, -0.05) is 12.1 Å². The summed E-state index contributed by atoms with van der Waals surface area (Å²) in [7, 11) is 0. The fourth-order valence-electron chi connectivity index (χ4n) is 2.46. The quantitative estimate of drug-likeness (QED) is 0.555. The first-order valence-corrected chi connectivity index (χ1v) is 8.26. The number of halogens is 1. The van der Waals surface area contributed by atoms with E-state index in [1.807, 2.05) is 0 Å². The van der Waals surface area contributed by atoms with Crippen LogP contribution in [0, 0.1) is 5.82 Å². The molecule has 0 saturated carbocycles. The number of amides is 2. The molecule has 132 valence electrons. The number of nitrogens with one attached hydrogen (secondary N) is 2. The second-order valence-electron chi connectivity index (χ2n) is 5.70. The van der Waals surface area contributed by atoms with Crippen molar-refractivity contribution in [1.29, 1.82) is 0 Å². The lowest BCUT2D eigenvalue weighted by atomic mass is 10.1. The van der Waals surface area contributed by atoms with Gasteiger partial charge in [-0.05, 0) is 37.1 Å². The van der Waals surface area contributed by atoms with Gasteiger partial charge >= 0.3 is 11.8 Å². The van der Waals surface area contributed by atoms with E-state index in [1.54, 1.807) is 12.1 Å². The topological polar surface area (TPSA) is 70.7 Å². The Morgan fingerprint density at radius 2 is 1.67 bits per heavy atom. The van der Waals surface area contributed by atoms with Crippen LogP contribution >= 0.6 is 0 Å². The van der Waals surface area contributed by atoms with Crippen molar-refractivity contribution in [3.8, 4) is 0 Å². The molecule has 0 unspecified atom stereocenters. The molecule has 7 heteroatoms. The van der Waals surface area contributed by atoms with Crippen molar-refractivity contribution in [1.82, 2.24) is 15.5 Å². The first-order valence-electron chi connectivity index (χ1n) is 8.26. The van der Waals surface area contributed by atoms with E-state index in [0.717, 1.165) is 44.8 Å². The van der Waals surface area contributed by atoms with Crippen molar-refractivity contribution in [2.75, 3.05) is 45.9 Å². The van der Waals surface area contributed by atoms with Gasteiger partial charge in [-0.25, -0.2) is 4.39 Å². The minimum Gasteiger partial charge on any atom is -0.379 e. The van der Waals surface area contributed by atoms with Gasteiger partial charge in [0.1, 0.15) is 5.82 Å². The van der Waals surface area contributed by atoms with Crippen molar-refractivity contribution < 1.29 is 18.7 Å². The van der Waals surface area contributed by atoms with Gasteiger partial charge in [0.2, 0.25) is 0 Å². The maximum Gasteiger partial charge on any atom is 0.309 e. The highest BCUT2D eigenvalue weighted by atomic mass is 19.1. The van der Waals surface area contributed by atoms with Gasteiger partial charge in [0.25, 0.3) is 0 Å². The van der Waals surface area contributed by atoms with Crippen LogP contribution in [-0.4, -0.2) is 62.7 Å². The predicted octanol–water partition coefficient (Wildman–Crippen LogP) is 0.323. The lowest BCUT2D eigenvalue weighted by Gasteiger charge is -2.26. The van der Waals surface area contributed by atoms with E-state index in [0.29, 0.717) is 19.5 Å². The average Bonchev–Trinajstić information content (AvgIpc) is 2.61. The zero-order chi connectivity index (χ0) is 17.2. The molecule has 0 aliphatic carbocycles. The van der Waals surface area contributed by atoms with Crippen LogP contribution < -0.4 is 10.6 Å². The summed E-state index contributed by atoms with van der Waals surface area (Å²) in [4.78, 5) is 25.6. The molecule has 1 aliphatic heterocycles. The third-order valence-corrected chi connectivity index (χ3v) is 3.86. The number of hydrogen-bond acceptors (Lipinski definition) is 4. The predicted molar refractivity (Wildman–Crippen MR) is 88.0 cm³/mol. The Balaban J connectivity index is 1.54. The second kappa shape index (κ2) is 10.00. The summed E-state index contributed by atoms with van der Waals surface area (Å²) in [5, 5.41) is 5.18. The smallest absolute Gasteiger partial charge is 0.309 e. The summed E-state index contributed by atoms with van der Waals surface area (Å²) in [5.74, 6) is -1.54. The van der Waals surface area contributed by atoms with Crippen molar-refractivity contribution in [3.05, 3.63) is 35.6 Å². The molecule has 0 spiro atoms. The maximum absolute atomic E-state index is 12.8. The molecule has 24 heavy (non-hydrogen) atoms. The lowest BCUT2D eigenvalue weighted by Crippen LogP contribution is -2.42. The Morgan fingerprint density at radius 3 is 2.33 bits per heavy atom. The van der Waals surface area contributed by atoms with Crippen LogP contribution in [0.15, 0.2) is 24.3 Å². The number of nitrogens with zero attached hydrogens (tertiary/aromatic N) is 1. The molecule has 1 saturated heterocycles. The summed E-state index contributed by atoms with van der Waals surface area (Å²) in [6.07, 6.45) is 1.35. The van der Waals surface area contributed by atoms with Crippen LogP contribution in [0.3, 0.4) is 0 Å². The Bertz CT molecular complexity index is 530. The minimum atomic E-state index is -0.636. The van der Waals surface area contributed by atoms with Crippen LogP contribution in [0.4, 0.5) is 4.39 Å². The van der Waals surface area contributed by atoms with Crippen LogP contribution in [0.25, 0.3) is 0 Å². The number of morpholine rings is 1. The Kier molecular flexibility index (Phi) is 7.64. The van der Waals surface area contributed by atoms with E-state index < -0.39 is 11.8 Å². The van der Waals surface area contributed by atoms with Crippen molar-refractivity contribution >= 4 is 11.8 Å². The van der Waals surface area contributed by atoms with Crippen molar-refractivity contribution in [3.63, 3.8) is 0 Å². The van der Waals surface area contributed by atoms with Gasteiger partial charge in [-0.3, -0.25) is 14.5 Å². The van der Waals surface area contributed by atoms with E-state index in [-0.39, 0.29) is 5.82 Å². The van der Waals surface area contributed by atoms with Gasteiger partial charge in [-0.2, -0.15) is 0 Å². The number of rotatable bonds is 7. The highest BCUT2D eigenvalue weighted by Gasteiger charge is 2.13. The second-order valence-corrected chi connectivity index (χ2v) is 5.70. The molecule has 0 atom stereocenters. The van der Waals surface area contributed by atoms with Gasteiger partial charge in [0.05, 0.1) is 13.2 Å². The summed E-state index contributed by atoms with van der Waals surface area (Å²) >= 11 is 0. The van der Waals surface area contributed by atoms with E-state index in [9.17, 15) is 14.0 Å². The molecule has 6 nitrogen and oxygen atoms in total. The molecule has 1 fully saturated rings. The molecular weight excluding hydrogens is 313 g/mol. The van der Waals surface area contributed by atoms with Crippen LogP contribution in [0.2, 0.25) is 0 Å². The van der Waals surface area contributed by atoms with Crippen LogP contribution in [0.5, 0.6) is 0 Å². The first kappa shape index (κ1) is 18.4. The van der Waals surface area contributed by atoms with Gasteiger partial charge in [-0.15, -0.1) is 0 Å². The molecule has 2 amide bonds. The largest absolute Gasteiger partial charge is 0.379 e. The maximum atomic E-state index is 12.8. The van der Waals surface area contributed by atoms with E-state index in [1.165, 1.54) is 12.1 Å². The standard InChI is InChI=1S/C17H24FN3O3/c18-15-4-2-14(3-5-15)6-8-20-17(23)16(22)19-7-1-9-21-10-12-24-13-11-21/h2-5H,1,6-13H2,(H,19,22)(H,20,23). The monoisotopic (exact) mass is 337 g/mol. The summed E-state index contributed by atoms with van der Waals surface area (Å²) < 4.78 is 18.0. The molecule has 0 aromatic heterocycles. The van der Waals surface area contributed by atoms with Crippen LogP contribution in [0.1, 0.15) is 12.0 Å². The van der Waals surface area contributed by atoms with Gasteiger partial charge in [0.15, 0.2) is 0 Å². The molecule has 1 heterocycles. The Morgan fingerprint density at radius 1 is 1.04 bits per heavy atom. The van der Waals surface area contributed by atoms with E-state index in [4.69, 9.17) is 4.74 Å². The third-order valence-electron chi connectivity index (χ3n) is 3.86.